The number of benzene rings is 1. The summed E-state index contributed by atoms with van der Waals surface area (Å²) in [5.41, 5.74) is 1.53. The van der Waals surface area contributed by atoms with Gasteiger partial charge in [0.1, 0.15) is 5.76 Å². The number of aryl methyl sites for hydroxylation is 1. The van der Waals surface area contributed by atoms with Crippen molar-refractivity contribution in [1.82, 2.24) is 10.1 Å². The summed E-state index contributed by atoms with van der Waals surface area (Å²) in [6.07, 6.45) is 1.29. The van der Waals surface area contributed by atoms with Crippen molar-refractivity contribution in [2.45, 2.75) is 30.4 Å². The highest BCUT2D eigenvalue weighted by Crippen LogP contribution is 2.29. The van der Waals surface area contributed by atoms with Crippen LogP contribution in [-0.2, 0) is 15.3 Å². The monoisotopic (exact) mass is 374 g/mol. The molecular weight excluding hydrogens is 352 g/mol. The number of carbonyl (C=O) groups is 2. The summed E-state index contributed by atoms with van der Waals surface area (Å²) in [5.74, 6) is 1.12. The predicted molar refractivity (Wildman–Crippen MR) is 97.9 cm³/mol. The summed E-state index contributed by atoms with van der Waals surface area (Å²) < 4.78 is 10.0. The van der Waals surface area contributed by atoms with E-state index in [9.17, 15) is 9.59 Å². The minimum absolute atomic E-state index is 0.00478. The lowest BCUT2D eigenvalue weighted by Gasteiger charge is -2.31. The largest absolute Gasteiger partial charge is 0.469 e. The molecule has 1 fully saturated rings. The number of methoxy groups -OCH3 is 1. The molecule has 0 N–H and O–H groups in total. The average Bonchev–Trinajstić information content (AvgIpc) is 3.10. The molecule has 3 rings (SSSR count). The lowest BCUT2D eigenvalue weighted by Crippen LogP contribution is -2.40. The fourth-order valence-corrected chi connectivity index (χ4v) is 3.98. The quantitative estimate of drug-likeness (QED) is 0.591. The second-order valence-electron chi connectivity index (χ2n) is 6.31. The van der Waals surface area contributed by atoms with E-state index in [0.29, 0.717) is 37.2 Å². The minimum Gasteiger partial charge on any atom is -0.469 e. The van der Waals surface area contributed by atoms with E-state index in [-0.39, 0.29) is 17.8 Å². The molecule has 138 valence electrons. The highest BCUT2D eigenvalue weighted by atomic mass is 32.2. The zero-order valence-corrected chi connectivity index (χ0v) is 15.8. The van der Waals surface area contributed by atoms with Crippen molar-refractivity contribution in [2.75, 3.05) is 20.2 Å². The van der Waals surface area contributed by atoms with Gasteiger partial charge < -0.3 is 14.2 Å². The number of hydrogen-bond acceptors (Lipinski definition) is 6. The molecule has 0 saturated carbocycles. The van der Waals surface area contributed by atoms with E-state index in [4.69, 9.17) is 9.26 Å². The molecule has 26 heavy (non-hydrogen) atoms. The van der Waals surface area contributed by atoms with Gasteiger partial charge in [0, 0.05) is 24.1 Å². The van der Waals surface area contributed by atoms with Gasteiger partial charge >= 0.3 is 5.97 Å². The number of thioether (sulfide) groups is 1. The Bertz CT molecular complexity index is 781. The average molecular weight is 374 g/mol. The maximum atomic E-state index is 12.9. The number of hydrogen-bond donors (Lipinski definition) is 0. The van der Waals surface area contributed by atoms with Gasteiger partial charge in [-0.15, -0.1) is 11.8 Å². The van der Waals surface area contributed by atoms with Gasteiger partial charge in [-0.25, -0.2) is 0 Å². The first-order chi connectivity index (χ1) is 12.6. The van der Waals surface area contributed by atoms with Crippen LogP contribution in [0.2, 0.25) is 0 Å². The first-order valence-electron chi connectivity index (χ1n) is 8.59. The molecule has 0 spiro atoms. The second-order valence-corrected chi connectivity index (χ2v) is 7.33. The molecule has 6 nitrogen and oxygen atoms in total. The zero-order valence-electron chi connectivity index (χ0n) is 14.9. The van der Waals surface area contributed by atoms with Gasteiger partial charge in [0.25, 0.3) is 5.91 Å². The molecule has 7 heteroatoms. The van der Waals surface area contributed by atoms with Crippen molar-refractivity contribution >= 4 is 23.6 Å². The van der Waals surface area contributed by atoms with Crippen LogP contribution in [0.1, 0.15) is 34.7 Å². The zero-order chi connectivity index (χ0) is 18.5. The fourth-order valence-electron chi connectivity index (χ4n) is 3.06. The van der Waals surface area contributed by atoms with Crippen LogP contribution in [0.4, 0.5) is 0 Å². The van der Waals surface area contributed by atoms with Crippen molar-refractivity contribution in [1.29, 1.82) is 0 Å². The molecule has 2 heterocycles. The molecule has 1 amide bonds. The molecule has 1 aliphatic rings. The maximum absolute atomic E-state index is 12.9. The summed E-state index contributed by atoms with van der Waals surface area (Å²) in [6, 6.07) is 9.49. The molecule has 0 radical (unpaired) electrons. The molecule has 1 aromatic carbocycles. The number of esters is 1. The molecular formula is C19H22N2O4S. The van der Waals surface area contributed by atoms with Crippen molar-refractivity contribution < 1.29 is 18.8 Å². The number of carbonyl (C=O) groups excluding carboxylic acids is 2. The van der Waals surface area contributed by atoms with Gasteiger partial charge in [0.05, 0.1) is 30.0 Å². The molecule has 0 aliphatic carbocycles. The minimum atomic E-state index is -0.185. The van der Waals surface area contributed by atoms with E-state index in [2.05, 4.69) is 5.16 Å². The molecule has 0 unspecified atom stereocenters. The first-order valence-corrected chi connectivity index (χ1v) is 9.58. The van der Waals surface area contributed by atoms with Gasteiger partial charge in [0.15, 0.2) is 0 Å². The van der Waals surface area contributed by atoms with Crippen molar-refractivity contribution in [3.8, 4) is 0 Å². The highest BCUT2D eigenvalue weighted by molar-refractivity contribution is 7.98. The van der Waals surface area contributed by atoms with E-state index in [1.54, 1.807) is 11.8 Å². The fraction of sp³-hybridized carbons (Fsp3) is 0.421. The van der Waals surface area contributed by atoms with E-state index < -0.39 is 0 Å². The second kappa shape index (κ2) is 8.40. The summed E-state index contributed by atoms with van der Waals surface area (Å²) in [7, 11) is 1.41. The number of nitrogens with zero attached hydrogens (tertiary/aromatic N) is 2. The van der Waals surface area contributed by atoms with Crippen molar-refractivity contribution in [3.63, 3.8) is 0 Å². The smallest absolute Gasteiger partial charge is 0.308 e. The van der Waals surface area contributed by atoms with Crippen LogP contribution in [0.3, 0.4) is 0 Å². The SMILES string of the molecule is COC(=O)C1CCN(C(=O)c2ccccc2SCc2cc(C)no2)CC1. The molecule has 0 bridgehead atoms. The summed E-state index contributed by atoms with van der Waals surface area (Å²) in [4.78, 5) is 27.3. The van der Waals surface area contributed by atoms with Gasteiger partial charge in [-0.2, -0.15) is 0 Å². The standard InChI is InChI=1S/C19H22N2O4S/c1-13-11-15(25-20-13)12-26-17-6-4-3-5-16(17)18(22)21-9-7-14(8-10-21)19(23)24-2/h3-6,11,14H,7-10,12H2,1-2H3. The predicted octanol–water partition coefficient (Wildman–Crippen LogP) is 3.30. The van der Waals surface area contributed by atoms with Gasteiger partial charge in [-0.1, -0.05) is 17.3 Å². The van der Waals surface area contributed by atoms with Crippen LogP contribution in [0, 0.1) is 12.8 Å². The van der Waals surface area contributed by atoms with E-state index in [0.717, 1.165) is 16.3 Å². The molecule has 0 atom stereocenters. The summed E-state index contributed by atoms with van der Waals surface area (Å²) >= 11 is 1.56. The molecule has 1 aliphatic heterocycles. The van der Waals surface area contributed by atoms with Crippen molar-refractivity contribution in [2.24, 2.45) is 5.92 Å². The Kier molecular flexibility index (Phi) is 5.98. The van der Waals surface area contributed by atoms with Gasteiger partial charge in [-0.05, 0) is 31.9 Å². The number of amides is 1. The van der Waals surface area contributed by atoms with Crippen LogP contribution in [-0.4, -0.2) is 42.1 Å². The normalized spacial score (nSPS) is 15.1. The summed E-state index contributed by atoms with van der Waals surface area (Å²) in [6.45, 7) is 3.02. The Balaban J connectivity index is 1.65. The van der Waals surface area contributed by atoms with Crippen LogP contribution in [0.5, 0.6) is 0 Å². The Morgan fingerprint density at radius 2 is 2.04 bits per heavy atom. The van der Waals surface area contributed by atoms with Gasteiger partial charge in [0.2, 0.25) is 0 Å². The van der Waals surface area contributed by atoms with Gasteiger partial charge in [-0.3, -0.25) is 9.59 Å². The number of likely N-dealkylation sites (tertiary alicyclic amines) is 1. The highest BCUT2D eigenvalue weighted by Gasteiger charge is 2.29. The van der Waals surface area contributed by atoms with Crippen LogP contribution >= 0.6 is 11.8 Å². The molecule has 2 aromatic rings. The van der Waals surface area contributed by atoms with E-state index in [1.807, 2.05) is 42.2 Å². The topological polar surface area (TPSA) is 72.6 Å². The third kappa shape index (κ3) is 4.27. The third-order valence-electron chi connectivity index (χ3n) is 4.48. The number of aromatic nitrogens is 1. The van der Waals surface area contributed by atoms with E-state index in [1.165, 1.54) is 7.11 Å². The Hall–Kier alpha value is -2.28. The van der Waals surface area contributed by atoms with E-state index >= 15 is 0 Å². The maximum Gasteiger partial charge on any atom is 0.308 e. The summed E-state index contributed by atoms with van der Waals surface area (Å²) in [5, 5.41) is 3.89. The number of rotatable bonds is 5. The first kappa shape index (κ1) is 18.5. The van der Waals surface area contributed by atoms with Crippen LogP contribution < -0.4 is 0 Å². The third-order valence-corrected chi connectivity index (χ3v) is 5.58. The number of ether oxygens (including phenoxy) is 1. The molecule has 1 saturated heterocycles. The van der Waals surface area contributed by atoms with Crippen LogP contribution in [0.15, 0.2) is 39.8 Å². The Labute approximate surface area is 156 Å². The molecule has 1 aromatic heterocycles. The Morgan fingerprint density at radius 3 is 2.69 bits per heavy atom. The lowest BCUT2D eigenvalue weighted by molar-refractivity contribution is -0.146. The number of piperidine rings is 1. The Morgan fingerprint density at radius 1 is 1.31 bits per heavy atom. The van der Waals surface area contributed by atoms with Crippen LogP contribution in [0.25, 0.3) is 0 Å². The van der Waals surface area contributed by atoms with Crippen molar-refractivity contribution in [3.05, 3.63) is 47.3 Å². The lowest BCUT2D eigenvalue weighted by atomic mass is 9.96.